The van der Waals surface area contributed by atoms with E-state index in [0.29, 0.717) is 12.7 Å². The molecule has 2 heterocycles. The molecule has 1 fully saturated rings. The van der Waals surface area contributed by atoms with E-state index in [1.54, 1.807) is 18.4 Å². The molecule has 1 aromatic carbocycles. The fourth-order valence-electron chi connectivity index (χ4n) is 3.13. The molecule has 0 radical (unpaired) electrons. The van der Waals surface area contributed by atoms with Crippen LogP contribution in [-0.2, 0) is 35.5 Å². The molecule has 1 aromatic heterocycles. The van der Waals surface area contributed by atoms with E-state index in [2.05, 4.69) is 51.8 Å². The summed E-state index contributed by atoms with van der Waals surface area (Å²) in [6, 6.07) is 8.57. The number of aliphatic imine (C=N–C) groups is 1. The first-order chi connectivity index (χ1) is 14.3. The van der Waals surface area contributed by atoms with Gasteiger partial charge in [0, 0.05) is 50.8 Å². The molecule has 7 heteroatoms. The standard InChI is InChI=1S/C22H32N4O2S/c1-3-20-15-25-21(29-20)8-11-24-22(23-2)26-14-17-4-6-18(7-5-17)16-28-19-9-12-27-13-10-19/h4-7,15,19H,3,8-14,16H2,1-2H3,(H2,23,24,26). The van der Waals surface area contributed by atoms with Crippen LogP contribution < -0.4 is 10.6 Å². The molecule has 2 aromatic rings. The number of ether oxygens (including phenoxy) is 2. The molecule has 2 N–H and O–H groups in total. The van der Waals surface area contributed by atoms with Crippen molar-refractivity contribution in [2.45, 2.75) is 51.9 Å². The molecule has 29 heavy (non-hydrogen) atoms. The van der Waals surface area contributed by atoms with Gasteiger partial charge in [-0.25, -0.2) is 4.98 Å². The first kappa shape index (κ1) is 21.7. The topological polar surface area (TPSA) is 67.8 Å². The van der Waals surface area contributed by atoms with E-state index in [1.807, 2.05) is 6.20 Å². The normalized spacial score (nSPS) is 15.4. The van der Waals surface area contributed by atoms with Crippen LogP contribution in [-0.4, -0.2) is 43.9 Å². The van der Waals surface area contributed by atoms with Crippen molar-refractivity contribution in [2.75, 3.05) is 26.8 Å². The fraction of sp³-hybridized carbons (Fsp3) is 0.545. The third-order valence-corrected chi connectivity index (χ3v) is 6.14. The monoisotopic (exact) mass is 416 g/mol. The maximum Gasteiger partial charge on any atom is 0.191 e. The van der Waals surface area contributed by atoms with E-state index in [9.17, 15) is 0 Å². The van der Waals surface area contributed by atoms with Crippen molar-refractivity contribution in [3.8, 4) is 0 Å². The van der Waals surface area contributed by atoms with E-state index < -0.39 is 0 Å². The lowest BCUT2D eigenvalue weighted by molar-refractivity contribution is -0.0390. The van der Waals surface area contributed by atoms with Crippen LogP contribution >= 0.6 is 11.3 Å². The first-order valence-electron chi connectivity index (χ1n) is 10.4. The van der Waals surface area contributed by atoms with Gasteiger partial charge in [0.05, 0.1) is 17.7 Å². The van der Waals surface area contributed by atoms with Crippen LogP contribution in [0.5, 0.6) is 0 Å². The second-order valence-corrected chi connectivity index (χ2v) is 8.32. The van der Waals surface area contributed by atoms with Gasteiger partial charge in [0.15, 0.2) is 5.96 Å². The van der Waals surface area contributed by atoms with Crippen molar-refractivity contribution >= 4 is 17.3 Å². The van der Waals surface area contributed by atoms with Gasteiger partial charge in [0.2, 0.25) is 0 Å². The molecule has 0 bridgehead atoms. The highest BCUT2D eigenvalue weighted by atomic mass is 32.1. The molecule has 0 spiro atoms. The summed E-state index contributed by atoms with van der Waals surface area (Å²) < 4.78 is 11.4. The Morgan fingerprint density at radius 1 is 1.21 bits per heavy atom. The maximum absolute atomic E-state index is 5.98. The van der Waals surface area contributed by atoms with Crippen LogP contribution in [0.25, 0.3) is 0 Å². The lowest BCUT2D eigenvalue weighted by atomic mass is 10.1. The molecule has 0 unspecified atom stereocenters. The number of hydrogen-bond donors (Lipinski definition) is 2. The number of aromatic nitrogens is 1. The third-order valence-electron chi connectivity index (χ3n) is 4.94. The van der Waals surface area contributed by atoms with Gasteiger partial charge in [-0.2, -0.15) is 0 Å². The predicted molar refractivity (Wildman–Crippen MR) is 118 cm³/mol. The highest BCUT2D eigenvalue weighted by Gasteiger charge is 2.13. The summed E-state index contributed by atoms with van der Waals surface area (Å²) in [5.41, 5.74) is 2.42. The quantitative estimate of drug-likeness (QED) is 0.485. The number of aryl methyl sites for hydroxylation is 1. The third kappa shape index (κ3) is 7.42. The zero-order valence-electron chi connectivity index (χ0n) is 17.4. The minimum atomic E-state index is 0.331. The Balaban J connectivity index is 1.36. The molecular weight excluding hydrogens is 384 g/mol. The molecule has 158 valence electrons. The largest absolute Gasteiger partial charge is 0.381 e. The van der Waals surface area contributed by atoms with Crippen LogP contribution in [0, 0.1) is 0 Å². The SMILES string of the molecule is CCc1cnc(CCNC(=NC)NCc2ccc(COC3CCOCC3)cc2)s1. The van der Waals surface area contributed by atoms with Gasteiger partial charge >= 0.3 is 0 Å². The number of benzene rings is 1. The van der Waals surface area contributed by atoms with Crippen molar-refractivity contribution in [3.63, 3.8) is 0 Å². The van der Waals surface area contributed by atoms with Crippen LogP contribution in [0.2, 0.25) is 0 Å². The number of hydrogen-bond acceptors (Lipinski definition) is 5. The van der Waals surface area contributed by atoms with Crippen molar-refractivity contribution in [3.05, 3.63) is 51.5 Å². The molecule has 0 saturated carbocycles. The summed E-state index contributed by atoms with van der Waals surface area (Å²) in [4.78, 5) is 10.1. The number of nitrogens with zero attached hydrogens (tertiary/aromatic N) is 2. The molecular formula is C22H32N4O2S. The molecule has 6 nitrogen and oxygen atoms in total. The summed E-state index contributed by atoms with van der Waals surface area (Å²) in [5, 5.41) is 7.90. The average Bonchev–Trinajstić information content (AvgIpc) is 3.24. The highest BCUT2D eigenvalue weighted by molar-refractivity contribution is 7.11. The number of rotatable bonds is 9. The van der Waals surface area contributed by atoms with Crippen molar-refractivity contribution < 1.29 is 9.47 Å². The summed E-state index contributed by atoms with van der Waals surface area (Å²) in [6.07, 6.45) is 6.26. The minimum absolute atomic E-state index is 0.331. The maximum atomic E-state index is 5.98. The number of nitrogens with one attached hydrogen (secondary N) is 2. The van der Waals surface area contributed by atoms with Gasteiger partial charge < -0.3 is 20.1 Å². The molecule has 0 aliphatic carbocycles. The highest BCUT2D eigenvalue weighted by Crippen LogP contribution is 2.14. The predicted octanol–water partition coefficient (Wildman–Crippen LogP) is 3.31. The lowest BCUT2D eigenvalue weighted by Crippen LogP contribution is -2.37. The fourth-order valence-corrected chi connectivity index (χ4v) is 3.99. The van der Waals surface area contributed by atoms with E-state index in [1.165, 1.54) is 21.0 Å². The number of thiazole rings is 1. The summed E-state index contributed by atoms with van der Waals surface area (Å²) in [7, 11) is 1.80. The Morgan fingerprint density at radius 3 is 2.66 bits per heavy atom. The first-order valence-corrected chi connectivity index (χ1v) is 11.2. The van der Waals surface area contributed by atoms with Crippen molar-refractivity contribution in [1.82, 2.24) is 15.6 Å². The van der Waals surface area contributed by atoms with Gasteiger partial charge in [0.25, 0.3) is 0 Å². The summed E-state index contributed by atoms with van der Waals surface area (Å²) >= 11 is 1.79. The van der Waals surface area contributed by atoms with Gasteiger partial charge in [0.1, 0.15) is 0 Å². The van der Waals surface area contributed by atoms with Crippen molar-refractivity contribution in [2.24, 2.45) is 4.99 Å². The second-order valence-electron chi connectivity index (χ2n) is 7.12. The van der Waals surface area contributed by atoms with Crippen molar-refractivity contribution in [1.29, 1.82) is 0 Å². The second kappa shape index (κ2) is 11.9. The van der Waals surface area contributed by atoms with E-state index in [0.717, 1.165) is 57.9 Å². The van der Waals surface area contributed by atoms with Gasteiger partial charge in [-0.05, 0) is 30.4 Å². The van der Waals surface area contributed by atoms with Gasteiger partial charge in [-0.1, -0.05) is 31.2 Å². The van der Waals surface area contributed by atoms with Crippen LogP contribution in [0.15, 0.2) is 35.5 Å². The van der Waals surface area contributed by atoms with E-state index in [4.69, 9.17) is 9.47 Å². The van der Waals surface area contributed by atoms with Crippen LogP contribution in [0.1, 0.15) is 40.8 Å². The molecule has 0 amide bonds. The van der Waals surface area contributed by atoms with Gasteiger partial charge in [-0.3, -0.25) is 4.99 Å². The molecule has 0 atom stereocenters. The molecule has 1 aliphatic rings. The average molecular weight is 417 g/mol. The zero-order chi connectivity index (χ0) is 20.3. The molecule has 1 aliphatic heterocycles. The Kier molecular flexibility index (Phi) is 8.92. The van der Waals surface area contributed by atoms with E-state index in [-0.39, 0.29) is 0 Å². The Morgan fingerprint density at radius 2 is 1.97 bits per heavy atom. The lowest BCUT2D eigenvalue weighted by Gasteiger charge is -2.22. The Bertz CT molecular complexity index is 754. The smallest absolute Gasteiger partial charge is 0.191 e. The van der Waals surface area contributed by atoms with Gasteiger partial charge in [-0.15, -0.1) is 11.3 Å². The summed E-state index contributed by atoms with van der Waals surface area (Å²) in [5.74, 6) is 0.809. The number of guanidine groups is 1. The molecule has 1 saturated heterocycles. The Labute approximate surface area is 177 Å². The van der Waals surface area contributed by atoms with Crippen LogP contribution in [0.3, 0.4) is 0 Å². The minimum Gasteiger partial charge on any atom is -0.381 e. The van der Waals surface area contributed by atoms with E-state index >= 15 is 0 Å². The summed E-state index contributed by atoms with van der Waals surface area (Å²) in [6.45, 7) is 6.00. The van der Waals surface area contributed by atoms with Crippen LogP contribution in [0.4, 0.5) is 0 Å². The Hall–Kier alpha value is -1.96. The molecule has 3 rings (SSSR count). The zero-order valence-corrected chi connectivity index (χ0v) is 18.3.